The van der Waals surface area contributed by atoms with Crippen LogP contribution in [0.25, 0.3) is 38.7 Å². The second kappa shape index (κ2) is 42.0. The Hall–Kier alpha value is -12.0. The fourth-order valence-electron chi connectivity index (χ4n) is 8.71. The number of aromatic nitrogens is 5. The van der Waals surface area contributed by atoms with Crippen molar-refractivity contribution in [1.82, 2.24) is 30.8 Å². The fraction of sp³-hybridized carbons (Fsp3) is 0.149. The van der Waals surface area contributed by atoms with E-state index in [0.717, 1.165) is 72.8 Å². The first-order valence-corrected chi connectivity index (χ1v) is 30.5. The van der Waals surface area contributed by atoms with Gasteiger partial charge in [-0.25, -0.2) is 4.99 Å². The summed E-state index contributed by atoms with van der Waals surface area (Å²) in [5.41, 5.74) is 10.1. The molecule has 93 heavy (non-hydrogen) atoms. The molecule has 6 aromatic carbocycles. The number of fused-ring (bicyclic) bond motifs is 7. The molecule has 2 unspecified atom stereocenters. The predicted octanol–water partition coefficient (Wildman–Crippen LogP) is 14.7. The van der Waals surface area contributed by atoms with Crippen LogP contribution in [0.15, 0.2) is 327 Å². The number of allylic oxidation sites excluding steroid dienone is 9. The molecule has 4 N–H and O–H groups in total. The predicted molar refractivity (Wildman–Crippen MR) is 385 cm³/mol. The number of hydrazone groups is 1. The zero-order valence-electron chi connectivity index (χ0n) is 51.7. The first-order chi connectivity index (χ1) is 46.3. The molecule has 19 heteroatoms. The van der Waals surface area contributed by atoms with Gasteiger partial charge in [0.05, 0.1) is 54.8 Å². The van der Waals surface area contributed by atoms with Crippen LogP contribution in [0.2, 0.25) is 0 Å². The van der Waals surface area contributed by atoms with Crippen LogP contribution in [0.4, 0.5) is 5.69 Å². The number of hydrogen-bond donors (Lipinski definition) is 4. The number of aromatic amines is 3. The van der Waals surface area contributed by atoms with Gasteiger partial charge < -0.3 is 15.4 Å². The molecule has 0 fully saturated rings. The van der Waals surface area contributed by atoms with Crippen molar-refractivity contribution < 1.29 is 0 Å². The topological polar surface area (TPSA) is 246 Å². The number of nitrogens with one attached hydrogen (secondary N) is 4. The highest BCUT2D eigenvalue weighted by Gasteiger charge is 2.19. The summed E-state index contributed by atoms with van der Waals surface area (Å²) in [6, 6.07) is 49.3. The monoisotopic (exact) mass is 1230 g/mol. The van der Waals surface area contributed by atoms with Gasteiger partial charge in [0, 0.05) is 87.0 Å². The Morgan fingerprint density at radius 3 is 1.60 bits per heavy atom. The average Bonchev–Trinajstić information content (AvgIpc) is 3.59. The maximum atomic E-state index is 4.17. The third kappa shape index (κ3) is 25.9. The summed E-state index contributed by atoms with van der Waals surface area (Å²) in [5, 5.41) is 38.7. The first-order valence-electron chi connectivity index (χ1n) is 30.5. The van der Waals surface area contributed by atoms with E-state index in [0.29, 0.717) is 25.2 Å². The summed E-state index contributed by atoms with van der Waals surface area (Å²) in [6.07, 6.45) is 57.3. The van der Waals surface area contributed by atoms with Gasteiger partial charge in [-0.2, -0.15) is 35.9 Å². The Labute approximate surface area is 541 Å². The molecule has 3 aromatic heterocycles. The molecule has 0 spiro atoms. The highest BCUT2D eigenvalue weighted by molar-refractivity contribution is 5.82. The number of rotatable bonds is 0. The number of hydrogen-bond acceptors (Lipinski definition) is 16. The minimum Gasteiger partial charge on any atom is -0.366 e. The van der Waals surface area contributed by atoms with Crippen LogP contribution in [-0.2, 0) is 12.8 Å². The SMILES string of the molecule is C1=CC2C=NNC2C=C1.C1=CCC=C1.C1=CCN=C1.C1=CN=CC1.C1=CN=NC1.C1=Cc2ccccc2C1.C1=NC=NC1.C1=NN=NC1.C1=Nc2ccccc2C1.c1ccc2c(c1)=NCN=2.c1ccc2c[nH]cc2c1.c1ccc2c[nH]cc2c1.c1ccc2n[nH]nc2c1. The summed E-state index contributed by atoms with van der Waals surface area (Å²) >= 11 is 0. The molecule has 3 aliphatic carbocycles. The van der Waals surface area contributed by atoms with Gasteiger partial charge in [0.2, 0.25) is 0 Å². The minimum atomic E-state index is 0.426. The molecular weight excluding hydrogens is 1150 g/mol. The van der Waals surface area contributed by atoms with E-state index < -0.39 is 0 Å². The number of azo groups is 1. The van der Waals surface area contributed by atoms with Crippen molar-refractivity contribution in [2.24, 2.45) is 71.6 Å². The summed E-state index contributed by atoms with van der Waals surface area (Å²) in [4.78, 5) is 33.5. The van der Waals surface area contributed by atoms with Crippen LogP contribution in [0.3, 0.4) is 0 Å². The molecule has 11 heterocycles. The van der Waals surface area contributed by atoms with Crippen LogP contribution >= 0.6 is 0 Å². The molecule has 0 radical (unpaired) electrons. The molecule has 11 aliphatic rings. The van der Waals surface area contributed by atoms with Gasteiger partial charge in [-0.3, -0.25) is 30.0 Å². The summed E-state index contributed by atoms with van der Waals surface area (Å²) < 4.78 is 0. The lowest BCUT2D eigenvalue weighted by atomic mass is 9.98. The van der Waals surface area contributed by atoms with E-state index in [1.54, 1.807) is 37.4 Å². The summed E-state index contributed by atoms with van der Waals surface area (Å²) in [5.74, 6) is 0.495. The van der Waals surface area contributed by atoms with E-state index >= 15 is 0 Å². The van der Waals surface area contributed by atoms with Crippen LogP contribution < -0.4 is 16.1 Å². The fourth-order valence-corrected chi connectivity index (χ4v) is 8.71. The largest absolute Gasteiger partial charge is 0.366 e. The lowest BCUT2D eigenvalue weighted by molar-refractivity contribution is 0.622. The van der Waals surface area contributed by atoms with Crippen molar-refractivity contribution in [3.8, 4) is 0 Å². The quantitative estimate of drug-likeness (QED) is 0.116. The van der Waals surface area contributed by atoms with E-state index in [-0.39, 0.29) is 0 Å². The van der Waals surface area contributed by atoms with Crippen molar-refractivity contribution in [2.75, 3.05) is 32.8 Å². The van der Waals surface area contributed by atoms with Crippen LogP contribution in [0.1, 0.15) is 29.5 Å². The Morgan fingerprint density at radius 1 is 0.462 bits per heavy atom. The molecule has 9 aromatic rings. The van der Waals surface area contributed by atoms with Crippen molar-refractivity contribution >= 4 is 88.0 Å². The van der Waals surface area contributed by atoms with Gasteiger partial charge in [-0.05, 0) is 98.8 Å². The number of aliphatic imine (C=N–C) groups is 5. The van der Waals surface area contributed by atoms with Crippen molar-refractivity contribution in [1.29, 1.82) is 0 Å². The van der Waals surface area contributed by atoms with E-state index in [1.807, 2.05) is 165 Å². The zero-order valence-corrected chi connectivity index (χ0v) is 51.7. The van der Waals surface area contributed by atoms with E-state index in [2.05, 4.69) is 206 Å². The van der Waals surface area contributed by atoms with Crippen molar-refractivity contribution in [2.45, 2.75) is 31.7 Å². The molecule has 0 amide bonds. The first kappa shape index (κ1) is 67.0. The average molecular weight is 1230 g/mol. The van der Waals surface area contributed by atoms with Gasteiger partial charge >= 0.3 is 0 Å². The highest BCUT2D eigenvalue weighted by Crippen LogP contribution is 2.22. The lowest BCUT2D eigenvalue weighted by Crippen LogP contribution is -2.24. The Bertz CT molecular complexity index is 3780. The van der Waals surface area contributed by atoms with Crippen molar-refractivity contribution in [3.63, 3.8) is 0 Å². The van der Waals surface area contributed by atoms with Crippen molar-refractivity contribution in [3.05, 3.63) is 289 Å². The number of para-hydroxylation sites is 5. The van der Waals surface area contributed by atoms with Gasteiger partial charge in [-0.15, -0.1) is 5.10 Å². The standard InChI is InChI=1S/C9H8.3C8H7N.C7H6N2.C7H8N2.C6H5N3.C5H6.2C4H5N.2C3H4N2.C2H3N3/c1-2-5-9-7-3-6-8(9)4-1;2*1-2-4-8-6-9-5-7(8)3-1;1-2-4-8-7(3-1)5-6-9-8;1-2-4-7-6(3-1)8-5-9-7;1-2-4-7-6(3-1)5-8-9-7;1-2-4-6-5(3-1)7-9-8-6;3*1-2-4-5-3-1;1-2-5-3-4-1;2*1-2-4-5-3-1/h1-6H,7H2;2*1-6,9H;1-4,6H,5H2;1-4H,5H2;1-7,9H;1-4H,(H,7,8,9);1-4H,5H2;1,3-4H,2H2;1-3H,4H2;1,3H,2H2;1-2H,3H2;1H,2H2. The van der Waals surface area contributed by atoms with Crippen LogP contribution in [-0.4, -0.2) is 108 Å². The van der Waals surface area contributed by atoms with E-state index in [4.69, 9.17) is 0 Å². The molecule has 0 saturated carbocycles. The Balaban J connectivity index is 0.000000130. The minimum absolute atomic E-state index is 0.426. The molecular formula is C74H75N19. The second-order valence-corrected chi connectivity index (χ2v) is 20.0. The van der Waals surface area contributed by atoms with Crippen LogP contribution in [0.5, 0.6) is 0 Å². The van der Waals surface area contributed by atoms with Gasteiger partial charge in [-0.1, -0.05) is 188 Å². The lowest BCUT2D eigenvalue weighted by Gasteiger charge is -2.11. The Kier molecular flexibility index (Phi) is 30.3. The number of nitrogens with zero attached hydrogens (tertiary/aromatic N) is 15. The number of benzene rings is 6. The van der Waals surface area contributed by atoms with E-state index in [1.165, 1.54) is 38.2 Å². The van der Waals surface area contributed by atoms with Gasteiger partial charge in [0.15, 0.2) is 0 Å². The summed E-state index contributed by atoms with van der Waals surface area (Å²) in [6.45, 7) is 3.72. The third-order valence-electron chi connectivity index (χ3n) is 13.4. The van der Waals surface area contributed by atoms with Gasteiger partial charge in [0.25, 0.3) is 0 Å². The molecule has 8 aliphatic heterocycles. The molecule has 2 atom stereocenters. The van der Waals surface area contributed by atoms with Gasteiger partial charge in [0.1, 0.15) is 24.0 Å². The molecule has 466 valence electrons. The zero-order chi connectivity index (χ0) is 63.9. The summed E-state index contributed by atoms with van der Waals surface area (Å²) in [7, 11) is 0. The highest BCUT2D eigenvalue weighted by atomic mass is 15.4. The Morgan fingerprint density at radius 2 is 1.13 bits per heavy atom. The smallest absolute Gasteiger partial charge is 0.130 e. The third-order valence-corrected chi connectivity index (χ3v) is 13.4. The molecule has 0 bridgehead atoms. The normalized spacial score (nSPS) is 16.2. The van der Waals surface area contributed by atoms with E-state index in [9.17, 15) is 0 Å². The second-order valence-electron chi connectivity index (χ2n) is 20.0. The molecule has 0 saturated heterocycles. The molecule has 20 rings (SSSR count). The maximum absolute atomic E-state index is 4.17. The van der Waals surface area contributed by atoms with Crippen LogP contribution in [0, 0.1) is 5.92 Å². The maximum Gasteiger partial charge on any atom is 0.130 e. The number of H-pyrrole nitrogens is 3. The molecule has 19 nitrogen and oxygen atoms in total.